The number of likely N-dealkylation sites (tertiary alicyclic amines) is 1. The van der Waals surface area contributed by atoms with Crippen molar-refractivity contribution in [1.82, 2.24) is 9.88 Å². The molecule has 1 aromatic heterocycles. The summed E-state index contributed by atoms with van der Waals surface area (Å²) in [6.07, 6.45) is 3.04. The van der Waals surface area contributed by atoms with Gasteiger partial charge in [-0.1, -0.05) is 11.3 Å². The fourth-order valence-electron chi connectivity index (χ4n) is 4.18. The van der Waals surface area contributed by atoms with Crippen molar-refractivity contribution < 1.29 is 19.0 Å². The van der Waals surface area contributed by atoms with Crippen molar-refractivity contribution in [1.29, 1.82) is 0 Å². The molecule has 0 radical (unpaired) electrons. The van der Waals surface area contributed by atoms with Crippen molar-refractivity contribution in [2.75, 3.05) is 45.3 Å². The number of nitrogens with one attached hydrogen (secondary N) is 1. The lowest BCUT2D eigenvalue weighted by atomic mass is 9.86. The number of fused-ring (bicyclic) bond motifs is 1. The predicted molar refractivity (Wildman–Crippen MR) is 109 cm³/mol. The highest BCUT2D eigenvalue weighted by atomic mass is 32.1. The Morgan fingerprint density at radius 1 is 1.46 bits per heavy atom. The van der Waals surface area contributed by atoms with Gasteiger partial charge < -0.3 is 19.5 Å². The second-order valence-electron chi connectivity index (χ2n) is 7.36. The number of amides is 1. The van der Waals surface area contributed by atoms with E-state index in [1.807, 2.05) is 25.1 Å². The standard InChI is InChI=1S/C20H27N3O4S/c1-3-26-14-5-6-15-16(11-14)28-19(21-15)22-18(24)13-23-9-8-20(7-4-10-27-20)17(12-23)25-2/h5-6,11,17H,3-4,7-10,12-13H2,1-2H3,(H,21,22,24)/t17-,20-/m1/s1. The Kier molecular flexibility index (Phi) is 5.82. The summed E-state index contributed by atoms with van der Waals surface area (Å²) in [5.41, 5.74) is 0.703. The van der Waals surface area contributed by atoms with E-state index in [2.05, 4.69) is 15.2 Å². The summed E-state index contributed by atoms with van der Waals surface area (Å²) in [6.45, 7) is 5.27. The SMILES string of the molecule is CCOc1ccc2nc(NC(=O)CN3CC[C@]4(CCCO4)[C@H](OC)C3)sc2c1. The molecule has 0 saturated carbocycles. The van der Waals surface area contributed by atoms with Gasteiger partial charge in [0.1, 0.15) is 5.75 Å². The van der Waals surface area contributed by atoms with Crippen LogP contribution in [0.5, 0.6) is 5.75 Å². The average molecular weight is 406 g/mol. The Morgan fingerprint density at radius 2 is 2.36 bits per heavy atom. The average Bonchev–Trinajstić information content (AvgIpc) is 3.30. The Hall–Kier alpha value is -1.74. The normalized spacial score (nSPS) is 25.4. The van der Waals surface area contributed by atoms with E-state index < -0.39 is 0 Å². The van der Waals surface area contributed by atoms with Gasteiger partial charge >= 0.3 is 0 Å². The Morgan fingerprint density at radius 3 is 3.11 bits per heavy atom. The molecular formula is C20H27N3O4S. The van der Waals surface area contributed by atoms with Gasteiger partial charge in [-0.2, -0.15) is 0 Å². The first-order valence-corrected chi connectivity index (χ1v) is 10.7. The first-order chi connectivity index (χ1) is 13.6. The minimum absolute atomic E-state index is 0.0102. The second-order valence-corrected chi connectivity index (χ2v) is 8.39. The maximum absolute atomic E-state index is 12.6. The summed E-state index contributed by atoms with van der Waals surface area (Å²) >= 11 is 1.46. The van der Waals surface area contributed by atoms with Crippen LogP contribution in [0, 0.1) is 0 Å². The number of carbonyl (C=O) groups is 1. The van der Waals surface area contributed by atoms with Crippen LogP contribution in [0.25, 0.3) is 10.2 Å². The zero-order chi connectivity index (χ0) is 19.6. The minimum Gasteiger partial charge on any atom is -0.494 e. The molecular weight excluding hydrogens is 378 g/mol. The lowest BCUT2D eigenvalue weighted by Gasteiger charge is -2.44. The number of hydrogen-bond acceptors (Lipinski definition) is 7. The molecule has 3 heterocycles. The maximum atomic E-state index is 12.6. The lowest BCUT2D eigenvalue weighted by Crippen LogP contribution is -2.57. The van der Waals surface area contributed by atoms with Crippen molar-refractivity contribution in [2.45, 2.75) is 37.9 Å². The van der Waals surface area contributed by atoms with E-state index in [-0.39, 0.29) is 17.6 Å². The lowest BCUT2D eigenvalue weighted by molar-refractivity contribution is -0.145. The van der Waals surface area contributed by atoms with Crippen LogP contribution in [0.2, 0.25) is 0 Å². The summed E-state index contributed by atoms with van der Waals surface area (Å²) in [7, 11) is 1.73. The third-order valence-corrected chi connectivity index (χ3v) is 6.50. The Balaban J connectivity index is 1.36. The number of thiazole rings is 1. The van der Waals surface area contributed by atoms with Gasteiger partial charge in [0, 0.05) is 26.8 Å². The monoisotopic (exact) mass is 405 g/mol. The summed E-state index contributed by atoms with van der Waals surface area (Å²) < 4.78 is 18.3. The molecule has 28 heavy (non-hydrogen) atoms. The molecule has 0 bridgehead atoms. The second kappa shape index (κ2) is 8.32. The largest absolute Gasteiger partial charge is 0.494 e. The first-order valence-electron chi connectivity index (χ1n) is 9.84. The molecule has 8 heteroatoms. The molecule has 1 spiro atoms. The molecule has 2 atom stereocenters. The molecule has 1 aromatic carbocycles. The maximum Gasteiger partial charge on any atom is 0.240 e. The molecule has 2 aliphatic heterocycles. The Bertz CT molecular complexity index is 834. The zero-order valence-electron chi connectivity index (χ0n) is 16.4. The highest BCUT2D eigenvalue weighted by Gasteiger charge is 2.46. The first kappa shape index (κ1) is 19.6. The third kappa shape index (κ3) is 4.00. The van der Waals surface area contributed by atoms with Crippen LogP contribution >= 0.6 is 11.3 Å². The van der Waals surface area contributed by atoms with Crippen LogP contribution < -0.4 is 10.1 Å². The molecule has 2 aliphatic rings. The van der Waals surface area contributed by atoms with E-state index in [1.54, 1.807) is 7.11 Å². The van der Waals surface area contributed by atoms with Crippen LogP contribution in [0.3, 0.4) is 0 Å². The van der Waals surface area contributed by atoms with Gasteiger partial charge in [0.25, 0.3) is 0 Å². The van der Waals surface area contributed by atoms with Crippen molar-refractivity contribution in [2.24, 2.45) is 0 Å². The predicted octanol–water partition coefficient (Wildman–Crippen LogP) is 2.90. The molecule has 2 fully saturated rings. The van der Waals surface area contributed by atoms with Gasteiger partial charge in [-0.15, -0.1) is 0 Å². The number of methoxy groups -OCH3 is 1. The van der Waals surface area contributed by atoms with E-state index >= 15 is 0 Å². The van der Waals surface area contributed by atoms with Crippen LogP contribution in [0.15, 0.2) is 18.2 Å². The van der Waals surface area contributed by atoms with Crippen LogP contribution in [0.4, 0.5) is 5.13 Å². The number of benzene rings is 1. The fourth-order valence-corrected chi connectivity index (χ4v) is 5.09. The fraction of sp³-hybridized carbons (Fsp3) is 0.600. The molecule has 152 valence electrons. The number of carbonyl (C=O) groups excluding carboxylic acids is 1. The summed E-state index contributed by atoms with van der Waals surface area (Å²) in [6, 6.07) is 5.78. The van der Waals surface area contributed by atoms with Gasteiger partial charge in [0.15, 0.2) is 5.13 Å². The quantitative estimate of drug-likeness (QED) is 0.797. The van der Waals surface area contributed by atoms with E-state index in [4.69, 9.17) is 14.2 Å². The van der Waals surface area contributed by atoms with Crippen molar-refractivity contribution in [3.63, 3.8) is 0 Å². The molecule has 0 aliphatic carbocycles. The van der Waals surface area contributed by atoms with Crippen LogP contribution in [-0.2, 0) is 14.3 Å². The molecule has 0 unspecified atom stereocenters. The summed E-state index contributed by atoms with van der Waals surface area (Å²) in [4.78, 5) is 19.2. The Labute approximate surface area is 169 Å². The van der Waals surface area contributed by atoms with E-state index in [0.29, 0.717) is 24.8 Å². The number of nitrogens with zero attached hydrogens (tertiary/aromatic N) is 2. The third-order valence-electron chi connectivity index (χ3n) is 5.56. The number of rotatable bonds is 6. The highest BCUT2D eigenvalue weighted by molar-refractivity contribution is 7.22. The molecule has 7 nitrogen and oxygen atoms in total. The van der Waals surface area contributed by atoms with Crippen molar-refractivity contribution in [3.05, 3.63) is 18.2 Å². The van der Waals surface area contributed by atoms with E-state index in [0.717, 1.165) is 48.4 Å². The minimum atomic E-state index is -0.160. The smallest absolute Gasteiger partial charge is 0.240 e. The summed E-state index contributed by atoms with van der Waals surface area (Å²) in [5.74, 6) is 0.765. The van der Waals surface area contributed by atoms with Gasteiger partial charge in [-0.05, 0) is 44.4 Å². The highest BCUT2D eigenvalue weighted by Crippen LogP contribution is 2.37. The number of piperidine rings is 1. The van der Waals surface area contributed by atoms with Gasteiger partial charge in [-0.25, -0.2) is 4.98 Å². The van der Waals surface area contributed by atoms with Crippen LogP contribution in [-0.4, -0.2) is 67.5 Å². The van der Waals surface area contributed by atoms with E-state index in [9.17, 15) is 4.79 Å². The van der Waals surface area contributed by atoms with Gasteiger partial charge in [0.2, 0.25) is 5.91 Å². The molecule has 1 N–H and O–H groups in total. The number of hydrogen-bond donors (Lipinski definition) is 1. The van der Waals surface area contributed by atoms with Crippen molar-refractivity contribution >= 4 is 32.6 Å². The number of anilines is 1. The van der Waals surface area contributed by atoms with E-state index in [1.165, 1.54) is 11.3 Å². The van der Waals surface area contributed by atoms with Crippen LogP contribution in [0.1, 0.15) is 26.2 Å². The number of aromatic nitrogens is 1. The molecule has 1 amide bonds. The topological polar surface area (TPSA) is 72.9 Å². The summed E-state index contributed by atoms with van der Waals surface area (Å²) in [5, 5.41) is 3.55. The van der Waals surface area contributed by atoms with Gasteiger partial charge in [0.05, 0.1) is 35.1 Å². The zero-order valence-corrected chi connectivity index (χ0v) is 17.2. The number of ether oxygens (including phenoxy) is 3. The molecule has 2 aromatic rings. The van der Waals surface area contributed by atoms with Gasteiger partial charge in [-0.3, -0.25) is 9.69 Å². The molecule has 2 saturated heterocycles. The van der Waals surface area contributed by atoms with Crippen molar-refractivity contribution in [3.8, 4) is 5.75 Å². The molecule has 4 rings (SSSR count).